The average Bonchev–Trinajstić information content (AvgIpc) is 3.59. The number of ether oxygens (including phenoxy) is 1. The second-order valence-corrected chi connectivity index (χ2v) is 32.0. The van der Waals surface area contributed by atoms with E-state index in [1.165, 1.54) is 17.0 Å². The van der Waals surface area contributed by atoms with E-state index in [9.17, 15) is 5.11 Å². The first-order valence-electron chi connectivity index (χ1n) is 21.9. The van der Waals surface area contributed by atoms with Crippen molar-refractivity contribution < 1.29 is 41.5 Å². The molecule has 3 aliphatic heterocycles. The first kappa shape index (κ1) is 47.8. The lowest BCUT2D eigenvalue weighted by molar-refractivity contribution is -0.300. The molecular formula is C47H67N3O9SSi2. The third kappa shape index (κ3) is 8.27. The molecule has 0 aliphatic carbocycles. The molecule has 3 heterocycles. The summed E-state index contributed by atoms with van der Waals surface area (Å²) in [5.74, 6) is -5.38. The Labute approximate surface area is 371 Å². The largest absolute Gasteiger partial charge is 0.416 e. The molecule has 0 aromatic heterocycles. The molecule has 15 heteroatoms. The quantitative estimate of drug-likeness (QED) is 0.117. The highest BCUT2D eigenvalue weighted by Crippen LogP contribution is 2.56. The molecule has 0 saturated carbocycles. The Morgan fingerprint density at radius 1 is 0.774 bits per heavy atom. The van der Waals surface area contributed by atoms with Crippen molar-refractivity contribution in [2.75, 3.05) is 13.2 Å². The second kappa shape index (κ2) is 17.7. The zero-order valence-corrected chi connectivity index (χ0v) is 41.3. The van der Waals surface area contributed by atoms with E-state index >= 15 is 22.8 Å². The Morgan fingerprint density at radius 3 is 1.79 bits per heavy atom. The van der Waals surface area contributed by atoms with Crippen molar-refractivity contribution in [2.24, 2.45) is 17.8 Å². The molecule has 3 fully saturated rings. The molecule has 3 aliphatic rings. The summed E-state index contributed by atoms with van der Waals surface area (Å²) >= 11 is 0. The van der Waals surface area contributed by atoms with Crippen molar-refractivity contribution in [1.82, 2.24) is 14.1 Å². The topological polar surface area (TPSA) is 143 Å². The zero-order valence-electron chi connectivity index (χ0n) is 38.5. The number of sulfonamides is 1. The van der Waals surface area contributed by atoms with Gasteiger partial charge in [0.05, 0.1) is 42.5 Å². The smallest absolute Gasteiger partial charge is 0.330 e. The summed E-state index contributed by atoms with van der Waals surface area (Å²) in [5.41, 5.74) is 0.104. The first-order chi connectivity index (χ1) is 28.9. The molecule has 6 rings (SSSR count). The number of carbonyl (C=O) groups is 3. The number of aliphatic hydroxyl groups is 1. The number of fused-ring (bicyclic) bond motifs is 2. The number of rotatable bonds is 15. The predicted molar refractivity (Wildman–Crippen MR) is 244 cm³/mol. The molecule has 12 nitrogen and oxygen atoms in total. The Hall–Kier alpha value is -3.71. The van der Waals surface area contributed by atoms with Gasteiger partial charge in [-0.15, -0.1) is 0 Å². The molecular weight excluding hydrogens is 839 g/mol. The normalized spacial score (nSPS) is 25.0. The number of hydrogen-bond acceptors (Lipinski definition) is 9. The monoisotopic (exact) mass is 905 g/mol. The van der Waals surface area contributed by atoms with Crippen LogP contribution in [0.2, 0.25) is 34.8 Å². The highest BCUT2D eigenvalue weighted by molar-refractivity contribution is 7.89. The van der Waals surface area contributed by atoms with Gasteiger partial charge in [-0.1, -0.05) is 141 Å². The van der Waals surface area contributed by atoms with Gasteiger partial charge in [0.2, 0.25) is 11.6 Å². The molecule has 3 aromatic rings. The number of hydrogen-bond donors (Lipinski definition) is 1. The van der Waals surface area contributed by atoms with Gasteiger partial charge in [-0.05, 0) is 64.9 Å². The van der Waals surface area contributed by atoms with Crippen LogP contribution in [0.15, 0.2) is 89.8 Å². The molecule has 0 unspecified atom stereocenters. The highest BCUT2D eigenvalue weighted by Gasteiger charge is 2.75. The summed E-state index contributed by atoms with van der Waals surface area (Å²) in [6.07, 6.45) is -1.81. The van der Waals surface area contributed by atoms with Crippen LogP contribution in [0, 0.1) is 24.7 Å². The Kier molecular flexibility index (Phi) is 13.6. The first-order valence-corrected chi connectivity index (χ1v) is 28.4. The summed E-state index contributed by atoms with van der Waals surface area (Å²) in [6.45, 7) is 24.2. The minimum absolute atomic E-state index is 0.0901. The number of benzene rings is 3. The Balaban J connectivity index is 1.63. The number of amides is 4. The van der Waals surface area contributed by atoms with Gasteiger partial charge in [0.25, 0.3) is 15.9 Å². The standard InChI is InChI=1S/C47H67N3O9SSi2/c1-31(2)62(32(3)4,33(5)6)58-30-39-41-40(42(51)50(39)60(55,56)37-25-23-34(7)24-26-37)38(29-57-61(11,12)46(8,9)10)43(52)59-47(41)44(53)48(27-35-19-15-13-16-20-35)45(54)49(47)28-36-21-17-14-18-22-36/h13-26,31-33,38-41,43,52H,27-30H2,1-12H3/t38-,39+,40+,41+,43-,47+/m0/s1. The van der Waals surface area contributed by atoms with Crippen LogP contribution in [0.25, 0.3) is 0 Å². The number of urea groups is 1. The minimum Gasteiger partial charge on any atom is -0.416 e. The van der Waals surface area contributed by atoms with Crippen molar-refractivity contribution in [2.45, 2.75) is 140 Å². The van der Waals surface area contributed by atoms with Crippen LogP contribution in [0.4, 0.5) is 4.79 Å². The lowest BCUT2D eigenvalue weighted by atomic mass is 9.71. The van der Waals surface area contributed by atoms with E-state index in [0.717, 1.165) is 14.8 Å². The summed E-state index contributed by atoms with van der Waals surface area (Å²) in [4.78, 5) is 48.7. The zero-order chi connectivity index (χ0) is 45.7. The van der Waals surface area contributed by atoms with E-state index < -0.39 is 80.3 Å². The van der Waals surface area contributed by atoms with Crippen molar-refractivity contribution >= 4 is 44.5 Å². The minimum atomic E-state index is -4.64. The highest BCUT2D eigenvalue weighted by atomic mass is 32.2. The van der Waals surface area contributed by atoms with Crippen LogP contribution >= 0.6 is 0 Å². The third-order valence-corrected chi connectivity index (χ3v) is 26.6. The van der Waals surface area contributed by atoms with Gasteiger partial charge >= 0.3 is 6.03 Å². The number of carbonyl (C=O) groups excluding carboxylic acids is 3. The maximum absolute atomic E-state index is 15.7. The van der Waals surface area contributed by atoms with Gasteiger partial charge < -0.3 is 18.7 Å². The van der Waals surface area contributed by atoms with Crippen molar-refractivity contribution in [3.8, 4) is 0 Å². The van der Waals surface area contributed by atoms with Gasteiger partial charge in [-0.25, -0.2) is 17.5 Å². The number of nitrogens with zero attached hydrogens (tertiary/aromatic N) is 3. The molecule has 6 atom stereocenters. The maximum atomic E-state index is 15.7. The number of aliphatic hydroxyl groups excluding tert-OH is 1. The Bertz CT molecular complexity index is 2180. The molecule has 4 amide bonds. The fourth-order valence-electron chi connectivity index (χ4n) is 10.0. The predicted octanol–water partition coefficient (Wildman–Crippen LogP) is 8.67. The summed E-state index contributed by atoms with van der Waals surface area (Å²) in [7, 11) is -9.97. The summed E-state index contributed by atoms with van der Waals surface area (Å²) in [6, 6.07) is 22.5. The maximum Gasteiger partial charge on any atom is 0.330 e. The molecule has 0 radical (unpaired) electrons. The number of aryl methyl sites for hydroxylation is 1. The Morgan fingerprint density at radius 2 is 1.29 bits per heavy atom. The van der Waals surface area contributed by atoms with Gasteiger partial charge in [0.1, 0.15) is 0 Å². The van der Waals surface area contributed by atoms with Gasteiger partial charge in [0.15, 0.2) is 22.9 Å². The van der Waals surface area contributed by atoms with Crippen LogP contribution in [-0.4, -0.2) is 93.4 Å². The molecule has 1 N–H and O–H groups in total. The summed E-state index contributed by atoms with van der Waals surface area (Å²) in [5, 5.41) is 12.1. The van der Waals surface area contributed by atoms with E-state index in [-0.39, 0.29) is 52.9 Å². The molecule has 3 saturated heterocycles. The van der Waals surface area contributed by atoms with Gasteiger partial charge in [-0.3, -0.25) is 19.4 Å². The van der Waals surface area contributed by atoms with Crippen LogP contribution in [-0.2, 0) is 46.3 Å². The van der Waals surface area contributed by atoms with Crippen molar-refractivity contribution in [1.29, 1.82) is 0 Å². The lowest BCUT2D eigenvalue weighted by Gasteiger charge is -2.51. The van der Waals surface area contributed by atoms with Crippen LogP contribution in [0.3, 0.4) is 0 Å². The average molecular weight is 906 g/mol. The molecule has 3 aromatic carbocycles. The van der Waals surface area contributed by atoms with Crippen LogP contribution in [0.5, 0.6) is 0 Å². The summed E-state index contributed by atoms with van der Waals surface area (Å²) < 4.78 is 52.2. The lowest BCUT2D eigenvalue weighted by Crippen LogP contribution is -2.68. The van der Waals surface area contributed by atoms with Crippen LogP contribution < -0.4 is 0 Å². The van der Waals surface area contributed by atoms with E-state index in [4.69, 9.17) is 13.6 Å². The van der Waals surface area contributed by atoms with E-state index in [1.807, 2.05) is 55.5 Å². The SMILES string of the molecule is Cc1ccc(S(=O)(=O)N2C(=O)[C@@H]3[C@H](CO[Si](C)(C)C(C)(C)C)[C@@H](O)O[C@@]4(C(=O)N(Cc5ccccc5)C(=O)N4Cc4ccccc4)[C@@H]3[C@H]2CO[Si](C(C)C)(C(C)C)C(C)C)cc1. The fraction of sp³-hybridized carbons (Fsp3) is 0.553. The number of imide groups is 1. The van der Waals surface area contributed by atoms with E-state index in [2.05, 4.69) is 75.4 Å². The van der Waals surface area contributed by atoms with Gasteiger partial charge in [0, 0.05) is 12.5 Å². The molecule has 338 valence electrons. The second-order valence-electron chi connectivity index (χ2n) is 19.9. The fourth-order valence-corrected chi connectivity index (χ4v) is 18.2. The van der Waals surface area contributed by atoms with Crippen molar-refractivity contribution in [3.63, 3.8) is 0 Å². The van der Waals surface area contributed by atoms with E-state index in [0.29, 0.717) is 11.1 Å². The van der Waals surface area contributed by atoms with Crippen LogP contribution in [0.1, 0.15) is 79.0 Å². The van der Waals surface area contributed by atoms with Gasteiger partial charge in [-0.2, -0.15) is 0 Å². The van der Waals surface area contributed by atoms with E-state index in [1.54, 1.807) is 24.3 Å². The molecule has 1 spiro atoms. The molecule has 0 bridgehead atoms. The third-order valence-electron chi connectivity index (χ3n) is 14.2. The van der Waals surface area contributed by atoms with Crippen molar-refractivity contribution in [3.05, 3.63) is 102 Å². The molecule has 62 heavy (non-hydrogen) atoms.